The third-order valence-electron chi connectivity index (χ3n) is 2.66. The van der Waals surface area contributed by atoms with Crippen molar-refractivity contribution in [3.05, 3.63) is 47.3 Å². The zero-order valence-corrected chi connectivity index (χ0v) is 10.3. The van der Waals surface area contributed by atoms with Crippen molar-refractivity contribution in [1.29, 1.82) is 0 Å². The van der Waals surface area contributed by atoms with E-state index in [0.29, 0.717) is 16.9 Å². The Hall–Kier alpha value is -2.63. The second-order valence-electron chi connectivity index (χ2n) is 4.14. The minimum atomic E-state index is -1.01. The van der Waals surface area contributed by atoms with Gasteiger partial charge in [-0.3, -0.25) is 9.89 Å². The van der Waals surface area contributed by atoms with E-state index in [1.807, 2.05) is 0 Å². The van der Waals surface area contributed by atoms with Crippen molar-refractivity contribution < 1.29 is 14.7 Å². The van der Waals surface area contributed by atoms with Crippen molar-refractivity contribution in [2.45, 2.75) is 13.3 Å². The molecule has 6 nitrogen and oxygen atoms in total. The van der Waals surface area contributed by atoms with Gasteiger partial charge in [-0.2, -0.15) is 5.10 Å². The van der Waals surface area contributed by atoms with Gasteiger partial charge in [-0.15, -0.1) is 0 Å². The number of aromatic amines is 1. The number of aromatic carboxylic acids is 1. The highest BCUT2D eigenvalue weighted by Gasteiger charge is 2.10. The van der Waals surface area contributed by atoms with Crippen LogP contribution in [0.1, 0.15) is 21.6 Å². The summed E-state index contributed by atoms with van der Waals surface area (Å²) in [4.78, 5) is 22.7. The Labute approximate surface area is 109 Å². The Morgan fingerprint density at radius 2 is 2.16 bits per heavy atom. The first-order chi connectivity index (χ1) is 9.06. The number of H-pyrrole nitrogens is 1. The molecule has 0 bridgehead atoms. The number of nitrogens with one attached hydrogen (secondary N) is 2. The van der Waals surface area contributed by atoms with Crippen molar-refractivity contribution in [2.24, 2.45) is 0 Å². The molecule has 19 heavy (non-hydrogen) atoms. The first-order valence-corrected chi connectivity index (χ1v) is 5.68. The fourth-order valence-electron chi connectivity index (χ4n) is 1.69. The third kappa shape index (κ3) is 3.19. The zero-order chi connectivity index (χ0) is 13.8. The van der Waals surface area contributed by atoms with Gasteiger partial charge in [0.05, 0.1) is 12.0 Å². The summed E-state index contributed by atoms with van der Waals surface area (Å²) >= 11 is 0. The van der Waals surface area contributed by atoms with Crippen LogP contribution < -0.4 is 5.32 Å². The molecule has 1 aromatic carbocycles. The third-order valence-corrected chi connectivity index (χ3v) is 2.66. The number of nitrogens with zero attached hydrogens (tertiary/aromatic N) is 1. The van der Waals surface area contributed by atoms with Crippen LogP contribution in [0.25, 0.3) is 0 Å². The molecule has 3 N–H and O–H groups in total. The maximum atomic E-state index is 11.7. The van der Waals surface area contributed by atoms with Gasteiger partial charge in [0.1, 0.15) is 0 Å². The molecule has 0 unspecified atom stereocenters. The Morgan fingerprint density at radius 1 is 1.37 bits per heavy atom. The van der Waals surface area contributed by atoms with Gasteiger partial charge in [-0.1, -0.05) is 6.07 Å². The SMILES string of the molecule is Cc1ccc(NC(=O)Cc2ccn[nH]2)cc1C(=O)O. The maximum Gasteiger partial charge on any atom is 0.336 e. The zero-order valence-electron chi connectivity index (χ0n) is 10.3. The normalized spacial score (nSPS) is 10.2. The van der Waals surface area contributed by atoms with E-state index < -0.39 is 5.97 Å². The van der Waals surface area contributed by atoms with Crippen molar-refractivity contribution in [2.75, 3.05) is 5.32 Å². The number of amides is 1. The molecule has 1 heterocycles. The lowest BCUT2D eigenvalue weighted by molar-refractivity contribution is -0.115. The molecule has 0 saturated carbocycles. The number of benzene rings is 1. The van der Waals surface area contributed by atoms with Crippen LogP contribution >= 0.6 is 0 Å². The van der Waals surface area contributed by atoms with E-state index in [0.717, 1.165) is 0 Å². The van der Waals surface area contributed by atoms with E-state index in [9.17, 15) is 9.59 Å². The molecule has 6 heteroatoms. The summed E-state index contributed by atoms with van der Waals surface area (Å²) in [7, 11) is 0. The molecular weight excluding hydrogens is 246 g/mol. The van der Waals surface area contributed by atoms with Crippen molar-refractivity contribution in [1.82, 2.24) is 10.2 Å². The first kappa shape index (κ1) is 12.8. The Bertz CT molecular complexity index is 606. The Morgan fingerprint density at radius 3 is 2.79 bits per heavy atom. The van der Waals surface area contributed by atoms with Crippen LogP contribution in [0.3, 0.4) is 0 Å². The number of hydrogen-bond acceptors (Lipinski definition) is 3. The van der Waals surface area contributed by atoms with Crippen molar-refractivity contribution in [3.8, 4) is 0 Å². The Kier molecular flexibility index (Phi) is 3.61. The lowest BCUT2D eigenvalue weighted by Crippen LogP contribution is -2.15. The van der Waals surface area contributed by atoms with Crippen LogP contribution in [0.5, 0.6) is 0 Å². The van der Waals surface area contributed by atoms with Gasteiger partial charge < -0.3 is 10.4 Å². The van der Waals surface area contributed by atoms with Crippen molar-refractivity contribution in [3.63, 3.8) is 0 Å². The summed E-state index contributed by atoms with van der Waals surface area (Å²) in [5, 5.41) is 18.1. The highest BCUT2D eigenvalue weighted by atomic mass is 16.4. The quantitative estimate of drug-likeness (QED) is 0.777. The number of carboxylic acid groups (broad SMARTS) is 1. The standard InChI is InChI=1S/C13H13N3O3/c1-8-2-3-9(6-11(8)13(18)19)15-12(17)7-10-4-5-14-16-10/h2-6H,7H2,1H3,(H,14,16)(H,15,17)(H,18,19). The lowest BCUT2D eigenvalue weighted by atomic mass is 10.1. The minimum Gasteiger partial charge on any atom is -0.478 e. The number of aryl methyl sites for hydroxylation is 1. The van der Waals surface area contributed by atoms with E-state index >= 15 is 0 Å². The first-order valence-electron chi connectivity index (χ1n) is 5.68. The summed E-state index contributed by atoms with van der Waals surface area (Å²) in [6.45, 7) is 1.71. The molecule has 98 valence electrons. The summed E-state index contributed by atoms with van der Waals surface area (Å²) < 4.78 is 0. The van der Waals surface area contributed by atoms with Crippen LogP contribution in [0.2, 0.25) is 0 Å². The molecule has 0 fully saturated rings. The summed E-state index contributed by atoms with van der Waals surface area (Å²) in [6.07, 6.45) is 1.73. The summed E-state index contributed by atoms with van der Waals surface area (Å²) in [5.74, 6) is -1.24. The number of carboxylic acids is 1. The minimum absolute atomic E-state index is 0.163. The molecule has 1 amide bonds. The molecule has 2 aromatic rings. The molecule has 0 spiro atoms. The molecule has 0 radical (unpaired) electrons. The number of anilines is 1. The molecule has 0 aliphatic rings. The van der Waals surface area contributed by atoms with Crippen LogP contribution in [0.4, 0.5) is 5.69 Å². The van der Waals surface area contributed by atoms with E-state index in [1.165, 1.54) is 6.07 Å². The molecular formula is C13H13N3O3. The van der Waals surface area contributed by atoms with Gasteiger partial charge in [-0.25, -0.2) is 4.79 Å². The number of rotatable bonds is 4. The van der Waals surface area contributed by atoms with Gasteiger partial charge in [-0.05, 0) is 30.7 Å². The summed E-state index contributed by atoms with van der Waals surface area (Å²) in [6, 6.07) is 6.49. The molecule has 0 atom stereocenters. The van der Waals surface area contributed by atoms with E-state index in [4.69, 9.17) is 5.11 Å². The monoisotopic (exact) mass is 259 g/mol. The average molecular weight is 259 g/mol. The van der Waals surface area contributed by atoms with Crippen LogP contribution in [0, 0.1) is 6.92 Å². The molecule has 0 saturated heterocycles. The maximum absolute atomic E-state index is 11.7. The summed E-state index contributed by atoms with van der Waals surface area (Å²) in [5.41, 5.74) is 1.99. The number of carbonyl (C=O) groups is 2. The Balaban J connectivity index is 2.09. The highest BCUT2D eigenvalue weighted by molar-refractivity contribution is 5.95. The fourth-order valence-corrected chi connectivity index (χ4v) is 1.69. The predicted octanol–water partition coefficient (Wildman–Crippen LogP) is 1.60. The second kappa shape index (κ2) is 5.34. The van der Waals surface area contributed by atoms with Gasteiger partial charge >= 0.3 is 5.97 Å². The van der Waals surface area contributed by atoms with E-state index in [-0.39, 0.29) is 17.9 Å². The molecule has 1 aromatic heterocycles. The van der Waals surface area contributed by atoms with Crippen molar-refractivity contribution >= 4 is 17.6 Å². The predicted molar refractivity (Wildman–Crippen MR) is 69.1 cm³/mol. The largest absolute Gasteiger partial charge is 0.478 e. The van der Waals surface area contributed by atoms with Gasteiger partial charge in [0.15, 0.2) is 0 Å². The fraction of sp³-hybridized carbons (Fsp3) is 0.154. The van der Waals surface area contributed by atoms with Gasteiger partial charge in [0, 0.05) is 17.6 Å². The number of carbonyl (C=O) groups excluding carboxylic acids is 1. The van der Waals surface area contributed by atoms with Crippen LogP contribution in [-0.4, -0.2) is 27.2 Å². The highest BCUT2D eigenvalue weighted by Crippen LogP contribution is 2.15. The second-order valence-corrected chi connectivity index (χ2v) is 4.14. The van der Waals surface area contributed by atoms with E-state index in [1.54, 1.807) is 31.3 Å². The topological polar surface area (TPSA) is 95.1 Å². The smallest absolute Gasteiger partial charge is 0.336 e. The average Bonchev–Trinajstić information content (AvgIpc) is 2.84. The number of aromatic nitrogens is 2. The van der Waals surface area contributed by atoms with Crippen LogP contribution in [0.15, 0.2) is 30.5 Å². The van der Waals surface area contributed by atoms with E-state index in [2.05, 4.69) is 15.5 Å². The van der Waals surface area contributed by atoms with Gasteiger partial charge in [0.2, 0.25) is 5.91 Å². The lowest BCUT2D eigenvalue weighted by Gasteiger charge is -2.07. The molecule has 2 rings (SSSR count). The molecule has 0 aliphatic heterocycles. The van der Waals surface area contributed by atoms with Crippen LogP contribution in [-0.2, 0) is 11.2 Å². The molecule has 0 aliphatic carbocycles. The number of hydrogen-bond donors (Lipinski definition) is 3. The van der Waals surface area contributed by atoms with Gasteiger partial charge in [0.25, 0.3) is 0 Å².